The highest BCUT2D eigenvalue weighted by atomic mass is 16.5. The summed E-state index contributed by atoms with van der Waals surface area (Å²) in [5.74, 6) is 0.582. The molecule has 106 valence electrons. The molecule has 0 spiro atoms. The maximum absolute atomic E-state index is 12.2. The van der Waals surface area contributed by atoms with Crippen molar-refractivity contribution in [2.24, 2.45) is 0 Å². The molecular weight excluding hydrogens is 256 g/mol. The number of ether oxygens (including phenoxy) is 1. The zero-order chi connectivity index (χ0) is 14.5. The predicted molar refractivity (Wildman–Crippen MR) is 76.4 cm³/mol. The Morgan fingerprint density at radius 3 is 2.85 bits per heavy atom. The largest absolute Gasteiger partial charge is 0.494 e. The normalized spacial score (nSPS) is 10.3. The number of aromatic nitrogens is 2. The highest BCUT2D eigenvalue weighted by Crippen LogP contribution is 2.20. The number of para-hydroxylation sites is 1. The molecular formula is C14H18N4O2. The number of amides is 1. The molecule has 0 aliphatic heterocycles. The summed E-state index contributed by atoms with van der Waals surface area (Å²) in [5, 5.41) is 6.37. The van der Waals surface area contributed by atoms with Crippen molar-refractivity contribution in [1.29, 1.82) is 0 Å². The van der Waals surface area contributed by atoms with Gasteiger partial charge in [0.2, 0.25) is 0 Å². The van der Waals surface area contributed by atoms with Gasteiger partial charge in [-0.1, -0.05) is 18.2 Å². The Bertz CT molecular complexity index is 594. The van der Waals surface area contributed by atoms with Gasteiger partial charge in [-0.25, -0.2) is 0 Å². The minimum atomic E-state index is -0.202. The highest BCUT2D eigenvalue weighted by Gasteiger charge is 2.17. The average molecular weight is 274 g/mol. The second-order valence-corrected chi connectivity index (χ2v) is 4.40. The molecule has 2 rings (SSSR count). The molecule has 2 aromatic rings. The van der Waals surface area contributed by atoms with E-state index in [0.29, 0.717) is 24.5 Å². The van der Waals surface area contributed by atoms with Crippen LogP contribution >= 0.6 is 0 Å². The third kappa shape index (κ3) is 2.90. The van der Waals surface area contributed by atoms with E-state index < -0.39 is 0 Å². The van der Waals surface area contributed by atoms with Crippen molar-refractivity contribution in [1.82, 2.24) is 15.1 Å². The van der Waals surface area contributed by atoms with E-state index in [0.717, 1.165) is 11.3 Å². The van der Waals surface area contributed by atoms with Crippen molar-refractivity contribution in [3.05, 3.63) is 41.7 Å². The van der Waals surface area contributed by atoms with E-state index in [2.05, 4.69) is 10.2 Å². The summed E-state index contributed by atoms with van der Waals surface area (Å²) in [6.07, 6.45) is 1.43. The molecule has 0 saturated heterocycles. The van der Waals surface area contributed by atoms with Crippen molar-refractivity contribution in [3.8, 4) is 5.75 Å². The van der Waals surface area contributed by atoms with Crippen LogP contribution in [0.1, 0.15) is 23.0 Å². The van der Waals surface area contributed by atoms with Crippen molar-refractivity contribution >= 4 is 11.6 Å². The first-order valence-corrected chi connectivity index (χ1v) is 6.38. The van der Waals surface area contributed by atoms with Crippen molar-refractivity contribution in [2.75, 3.05) is 19.4 Å². The second kappa shape index (κ2) is 6.10. The molecule has 0 fully saturated rings. The monoisotopic (exact) mass is 274 g/mol. The van der Waals surface area contributed by atoms with E-state index in [4.69, 9.17) is 10.5 Å². The average Bonchev–Trinajstić information content (AvgIpc) is 2.86. The van der Waals surface area contributed by atoms with E-state index in [1.165, 1.54) is 6.20 Å². The van der Waals surface area contributed by atoms with E-state index >= 15 is 0 Å². The Kier molecular flexibility index (Phi) is 4.24. The zero-order valence-corrected chi connectivity index (χ0v) is 11.6. The Balaban J connectivity index is 2.14. The molecule has 1 aromatic heterocycles. The van der Waals surface area contributed by atoms with Crippen LogP contribution in [0.5, 0.6) is 5.75 Å². The van der Waals surface area contributed by atoms with Crippen molar-refractivity contribution in [2.45, 2.75) is 13.5 Å². The smallest absolute Gasteiger partial charge is 0.274 e. The standard InChI is InChI=1S/C14H18N4O2/c1-3-20-12-7-5-4-6-10(12)9-18(2)14(19)13-11(15)8-16-17-13/h4-8H,3,9,15H2,1-2H3,(H,16,17). The van der Waals surface area contributed by atoms with Gasteiger partial charge in [-0.15, -0.1) is 0 Å². The van der Waals surface area contributed by atoms with Gasteiger partial charge in [0.25, 0.3) is 5.91 Å². The predicted octanol–water partition coefficient (Wildman–Crippen LogP) is 1.66. The van der Waals surface area contributed by atoms with Crippen molar-refractivity contribution in [3.63, 3.8) is 0 Å². The summed E-state index contributed by atoms with van der Waals surface area (Å²) in [4.78, 5) is 13.8. The van der Waals surface area contributed by atoms with Gasteiger partial charge in [0.1, 0.15) is 11.4 Å². The lowest BCUT2D eigenvalue weighted by molar-refractivity contribution is 0.0779. The van der Waals surface area contributed by atoms with Crippen LogP contribution < -0.4 is 10.5 Å². The van der Waals surface area contributed by atoms with Crippen LogP contribution in [0.2, 0.25) is 0 Å². The van der Waals surface area contributed by atoms with Crippen LogP contribution in [-0.2, 0) is 6.54 Å². The van der Waals surface area contributed by atoms with Gasteiger partial charge in [0.05, 0.1) is 18.5 Å². The fourth-order valence-electron chi connectivity index (χ4n) is 1.92. The fraction of sp³-hybridized carbons (Fsp3) is 0.286. The molecule has 1 heterocycles. The lowest BCUT2D eigenvalue weighted by atomic mass is 10.2. The van der Waals surface area contributed by atoms with Gasteiger partial charge < -0.3 is 15.4 Å². The molecule has 6 heteroatoms. The lowest BCUT2D eigenvalue weighted by Crippen LogP contribution is -2.27. The molecule has 0 atom stereocenters. The number of H-pyrrole nitrogens is 1. The molecule has 0 radical (unpaired) electrons. The zero-order valence-electron chi connectivity index (χ0n) is 11.6. The van der Waals surface area contributed by atoms with Gasteiger partial charge in [-0.05, 0) is 13.0 Å². The first-order chi connectivity index (χ1) is 9.63. The van der Waals surface area contributed by atoms with E-state index in [-0.39, 0.29) is 5.91 Å². The molecule has 0 saturated carbocycles. The molecule has 20 heavy (non-hydrogen) atoms. The molecule has 1 amide bonds. The van der Waals surface area contributed by atoms with Crippen LogP contribution in [0.3, 0.4) is 0 Å². The van der Waals surface area contributed by atoms with Crippen LogP contribution in [0, 0.1) is 0 Å². The first kappa shape index (κ1) is 13.9. The molecule has 0 unspecified atom stereocenters. The van der Waals surface area contributed by atoms with Crippen molar-refractivity contribution < 1.29 is 9.53 Å². The molecule has 3 N–H and O–H groups in total. The van der Waals surface area contributed by atoms with Crippen LogP contribution in [0.15, 0.2) is 30.5 Å². The maximum atomic E-state index is 12.2. The number of anilines is 1. The molecule has 0 bridgehead atoms. The minimum absolute atomic E-state index is 0.202. The summed E-state index contributed by atoms with van der Waals surface area (Å²) >= 11 is 0. The third-order valence-corrected chi connectivity index (χ3v) is 2.91. The maximum Gasteiger partial charge on any atom is 0.274 e. The van der Waals surface area contributed by atoms with E-state index in [1.807, 2.05) is 31.2 Å². The van der Waals surface area contributed by atoms with E-state index in [1.54, 1.807) is 11.9 Å². The molecule has 6 nitrogen and oxygen atoms in total. The van der Waals surface area contributed by atoms with E-state index in [9.17, 15) is 4.79 Å². The van der Waals surface area contributed by atoms with Gasteiger partial charge in [0.15, 0.2) is 0 Å². The number of nitrogens with two attached hydrogens (primary N) is 1. The quantitative estimate of drug-likeness (QED) is 0.868. The summed E-state index contributed by atoms with van der Waals surface area (Å²) in [6, 6.07) is 7.65. The van der Waals surface area contributed by atoms with Gasteiger partial charge >= 0.3 is 0 Å². The summed E-state index contributed by atoms with van der Waals surface area (Å²) in [5.41, 5.74) is 7.29. The van der Waals surface area contributed by atoms with Crippen LogP contribution in [0.25, 0.3) is 0 Å². The van der Waals surface area contributed by atoms with Crippen LogP contribution in [0.4, 0.5) is 5.69 Å². The molecule has 0 aliphatic rings. The summed E-state index contributed by atoms with van der Waals surface area (Å²) in [6.45, 7) is 2.95. The van der Waals surface area contributed by atoms with Crippen LogP contribution in [-0.4, -0.2) is 34.7 Å². The summed E-state index contributed by atoms with van der Waals surface area (Å²) in [7, 11) is 1.71. The Morgan fingerprint density at radius 2 is 2.20 bits per heavy atom. The Morgan fingerprint density at radius 1 is 1.45 bits per heavy atom. The number of hydrogen-bond acceptors (Lipinski definition) is 4. The first-order valence-electron chi connectivity index (χ1n) is 6.38. The number of nitrogens with zero attached hydrogens (tertiary/aromatic N) is 2. The van der Waals surface area contributed by atoms with Gasteiger partial charge in [-0.3, -0.25) is 9.89 Å². The molecule has 1 aromatic carbocycles. The molecule has 0 aliphatic carbocycles. The lowest BCUT2D eigenvalue weighted by Gasteiger charge is -2.18. The Labute approximate surface area is 117 Å². The summed E-state index contributed by atoms with van der Waals surface area (Å²) < 4.78 is 5.55. The number of carbonyl (C=O) groups excluding carboxylic acids is 1. The minimum Gasteiger partial charge on any atom is -0.494 e. The Hall–Kier alpha value is -2.50. The third-order valence-electron chi connectivity index (χ3n) is 2.91. The van der Waals surface area contributed by atoms with Gasteiger partial charge in [0, 0.05) is 19.2 Å². The number of nitrogens with one attached hydrogen (secondary N) is 1. The number of nitrogen functional groups attached to an aromatic ring is 1. The topological polar surface area (TPSA) is 84.2 Å². The SMILES string of the molecule is CCOc1ccccc1CN(C)C(=O)c1[nH]ncc1N. The highest BCUT2D eigenvalue weighted by molar-refractivity contribution is 5.96. The second-order valence-electron chi connectivity index (χ2n) is 4.40. The van der Waals surface area contributed by atoms with Gasteiger partial charge in [-0.2, -0.15) is 5.10 Å². The number of rotatable bonds is 5. The number of carbonyl (C=O) groups is 1. The number of hydrogen-bond donors (Lipinski definition) is 2. The number of aromatic amines is 1. The fourth-order valence-corrected chi connectivity index (χ4v) is 1.92. The number of benzene rings is 1.